The second kappa shape index (κ2) is 7.64. The average Bonchev–Trinajstić information content (AvgIpc) is 2.53. The van der Waals surface area contributed by atoms with E-state index in [-0.39, 0.29) is 22.1 Å². The van der Waals surface area contributed by atoms with Gasteiger partial charge in [-0.25, -0.2) is 8.78 Å². The van der Waals surface area contributed by atoms with Crippen molar-refractivity contribution in [3.8, 4) is 5.75 Å². The van der Waals surface area contributed by atoms with E-state index in [2.05, 4.69) is 15.8 Å². The highest BCUT2D eigenvalue weighted by atomic mass is 32.1. The smallest absolute Gasteiger partial charge is 0.191 e. The molecule has 4 nitrogen and oxygen atoms in total. The summed E-state index contributed by atoms with van der Waals surface area (Å²) >= 11 is 5.04. The van der Waals surface area contributed by atoms with Gasteiger partial charge in [-0.1, -0.05) is 19.1 Å². The minimum atomic E-state index is -0.481. The molecule has 0 spiro atoms. The Bertz CT molecular complexity index is 750. The molecule has 0 heterocycles. The number of hydrazone groups is 1. The van der Waals surface area contributed by atoms with Gasteiger partial charge in [-0.2, -0.15) is 5.10 Å². The molecule has 0 fully saturated rings. The number of nitrogens with one attached hydrogen (secondary N) is 2. The van der Waals surface area contributed by atoms with Crippen molar-refractivity contribution in [1.29, 1.82) is 0 Å². The molecule has 0 radical (unpaired) electrons. The zero-order valence-corrected chi connectivity index (χ0v) is 13.1. The molecular formula is C16H15F2N3OS. The summed E-state index contributed by atoms with van der Waals surface area (Å²) in [5, 5.41) is 16.6. The monoisotopic (exact) mass is 335 g/mol. The van der Waals surface area contributed by atoms with E-state index in [9.17, 15) is 13.9 Å². The van der Waals surface area contributed by atoms with Gasteiger partial charge in [0.2, 0.25) is 0 Å². The maximum absolute atomic E-state index is 13.5. The van der Waals surface area contributed by atoms with Crippen molar-refractivity contribution < 1.29 is 13.9 Å². The van der Waals surface area contributed by atoms with Crippen LogP contribution in [0.3, 0.4) is 0 Å². The minimum Gasteiger partial charge on any atom is -0.507 e. The van der Waals surface area contributed by atoms with E-state index >= 15 is 0 Å². The predicted molar refractivity (Wildman–Crippen MR) is 90.6 cm³/mol. The van der Waals surface area contributed by atoms with E-state index in [0.717, 1.165) is 6.07 Å². The zero-order chi connectivity index (χ0) is 16.8. The first-order valence-corrected chi connectivity index (χ1v) is 7.29. The average molecular weight is 335 g/mol. The van der Waals surface area contributed by atoms with Gasteiger partial charge in [0.05, 0.1) is 11.4 Å². The molecule has 0 saturated carbocycles. The first-order chi connectivity index (χ1) is 11.0. The Hall–Kier alpha value is -2.54. The Morgan fingerprint density at radius 3 is 2.65 bits per heavy atom. The fourth-order valence-electron chi connectivity index (χ4n) is 1.90. The molecule has 0 aliphatic carbocycles. The van der Waals surface area contributed by atoms with Crippen molar-refractivity contribution in [3.63, 3.8) is 0 Å². The number of phenols is 1. The summed E-state index contributed by atoms with van der Waals surface area (Å²) in [4.78, 5) is 0. The fourth-order valence-corrected chi connectivity index (χ4v) is 2.06. The third kappa shape index (κ3) is 4.46. The Kier molecular flexibility index (Phi) is 5.59. The number of halogens is 2. The number of benzene rings is 2. The lowest BCUT2D eigenvalue weighted by molar-refractivity contribution is 0.471. The largest absolute Gasteiger partial charge is 0.507 e. The summed E-state index contributed by atoms with van der Waals surface area (Å²) in [5.74, 6) is -1.01. The van der Waals surface area contributed by atoms with Crippen LogP contribution in [0.1, 0.15) is 18.9 Å². The molecule has 0 bridgehead atoms. The molecule has 0 aliphatic rings. The second-order valence-corrected chi connectivity index (χ2v) is 5.03. The van der Waals surface area contributed by atoms with Crippen LogP contribution in [0.5, 0.6) is 5.75 Å². The van der Waals surface area contributed by atoms with E-state index in [0.29, 0.717) is 12.1 Å². The van der Waals surface area contributed by atoms with E-state index < -0.39 is 11.6 Å². The van der Waals surface area contributed by atoms with Gasteiger partial charge in [0.1, 0.15) is 17.4 Å². The number of nitrogens with zero attached hydrogens (tertiary/aromatic N) is 1. The van der Waals surface area contributed by atoms with Gasteiger partial charge in [0.25, 0.3) is 0 Å². The highest BCUT2D eigenvalue weighted by Crippen LogP contribution is 2.20. The number of hydrogen-bond acceptors (Lipinski definition) is 3. The molecule has 0 saturated heterocycles. The van der Waals surface area contributed by atoms with Crippen LogP contribution in [0.25, 0.3) is 0 Å². The Labute approximate surface area is 137 Å². The van der Waals surface area contributed by atoms with Crippen LogP contribution >= 0.6 is 12.2 Å². The van der Waals surface area contributed by atoms with Gasteiger partial charge >= 0.3 is 0 Å². The van der Waals surface area contributed by atoms with Crippen molar-refractivity contribution in [2.75, 3.05) is 5.32 Å². The third-order valence-corrected chi connectivity index (χ3v) is 3.21. The number of hydrogen-bond donors (Lipinski definition) is 3. The Morgan fingerprint density at radius 2 is 1.96 bits per heavy atom. The van der Waals surface area contributed by atoms with Crippen LogP contribution in [-0.2, 0) is 0 Å². The number of anilines is 1. The van der Waals surface area contributed by atoms with Crippen molar-refractivity contribution >= 4 is 28.7 Å². The van der Waals surface area contributed by atoms with Gasteiger partial charge < -0.3 is 10.4 Å². The van der Waals surface area contributed by atoms with E-state index in [1.54, 1.807) is 19.1 Å². The molecule has 0 atom stereocenters. The molecule has 2 aromatic carbocycles. The molecule has 0 aromatic heterocycles. The molecule has 3 N–H and O–H groups in total. The lowest BCUT2D eigenvalue weighted by Crippen LogP contribution is -2.25. The van der Waals surface area contributed by atoms with E-state index in [4.69, 9.17) is 12.2 Å². The third-order valence-electron chi connectivity index (χ3n) is 3.02. The number of thiocarbonyl (C=S) groups is 1. The Balaban J connectivity index is 2.12. The van der Waals surface area contributed by atoms with Crippen LogP contribution < -0.4 is 10.7 Å². The maximum Gasteiger partial charge on any atom is 0.191 e. The van der Waals surface area contributed by atoms with Crippen LogP contribution in [0.4, 0.5) is 14.5 Å². The van der Waals surface area contributed by atoms with Gasteiger partial charge in [-0.3, -0.25) is 5.43 Å². The molecule has 0 unspecified atom stereocenters. The normalized spacial score (nSPS) is 11.2. The SMILES string of the molecule is CC/C(=N\NC(=S)Nc1ccccc1F)c1cc(F)ccc1O. The van der Waals surface area contributed by atoms with Crippen molar-refractivity contribution in [3.05, 3.63) is 59.7 Å². The molecule has 2 rings (SSSR count). The quantitative estimate of drug-likeness (QED) is 0.452. The molecule has 120 valence electrons. The summed E-state index contributed by atoms with van der Waals surface area (Å²) in [5.41, 5.74) is 3.47. The zero-order valence-electron chi connectivity index (χ0n) is 12.3. The Morgan fingerprint density at radius 1 is 1.22 bits per heavy atom. The summed E-state index contributed by atoms with van der Waals surface area (Å²) in [6.45, 7) is 1.80. The van der Waals surface area contributed by atoms with Crippen LogP contribution in [0, 0.1) is 11.6 Å². The highest BCUT2D eigenvalue weighted by molar-refractivity contribution is 7.80. The number of phenolic OH excluding ortho intramolecular Hbond substituents is 1. The summed E-state index contributed by atoms with van der Waals surface area (Å²) < 4.78 is 26.8. The molecule has 2 aromatic rings. The van der Waals surface area contributed by atoms with Gasteiger partial charge in [-0.05, 0) is 49.0 Å². The van der Waals surface area contributed by atoms with E-state index in [1.165, 1.54) is 24.3 Å². The fraction of sp³-hybridized carbons (Fsp3) is 0.125. The molecule has 0 amide bonds. The lowest BCUT2D eigenvalue weighted by atomic mass is 10.1. The van der Waals surface area contributed by atoms with Gasteiger partial charge in [0, 0.05) is 5.56 Å². The number of para-hydroxylation sites is 1. The first-order valence-electron chi connectivity index (χ1n) is 6.88. The van der Waals surface area contributed by atoms with Gasteiger partial charge in [-0.15, -0.1) is 0 Å². The number of aromatic hydroxyl groups is 1. The molecule has 23 heavy (non-hydrogen) atoms. The predicted octanol–water partition coefficient (Wildman–Crippen LogP) is 3.77. The maximum atomic E-state index is 13.5. The number of rotatable bonds is 4. The van der Waals surface area contributed by atoms with E-state index in [1.807, 2.05) is 0 Å². The van der Waals surface area contributed by atoms with Crippen molar-refractivity contribution in [2.45, 2.75) is 13.3 Å². The van der Waals surface area contributed by atoms with Crippen molar-refractivity contribution in [1.82, 2.24) is 5.43 Å². The van der Waals surface area contributed by atoms with Crippen molar-refractivity contribution in [2.24, 2.45) is 5.10 Å². The standard InChI is InChI=1S/C16H15F2N3OS/c1-2-13(11-9-10(17)7-8-15(11)22)20-21-16(23)19-14-6-4-3-5-12(14)18/h3-9,22H,2H2,1H3,(H2,19,21,23)/b20-13+. The van der Waals surface area contributed by atoms with Crippen LogP contribution in [0.2, 0.25) is 0 Å². The summed E-state index contributed by atoms with van der Waals surface area (Å²) in [7, 11) is 0. The van der Waals surface area contributed by atoms with Gasteiger partial charge in [0.15, 0.2) is 5.11 Å². The summed E-state index contributed by atoms with van der Waals surface area (Å²) in [6.07, 6.45) is 0.437. The molecule has 7 heteroatoms. The minimum absolute atomic E-state index is 0.0805. The first kappa shape index (κ1) is 16.8. The molecular weight excluding hydrogens is 320 g/mol. The van der Waals surface area contributed by atoms with Crippen LogP contribution in [-0.4, -0.2) is 15.9 Å². The highest BCUT2D eigenvalue weighted by Gasteiger charge is 2.09. The topological polar surface area (TPSA) is 56.7 Å². The lowest BCUT2D eigenvalue weighted by Gasteiger charge is -2.10. The summed E-state index contributed by atoms with van der Waals surface area (Å²) in [6, 6.07) is 9.67. The van der Waals surface area contributed by atoms with Crippen LogP contribution in [0.15, 0.2) is 47.6 Å². The molecule has 0 aliphatic heterocycles. The second-order valence-electron chi connectivity index (χ2n) is 4.62.